The van der Waals surface area contributed by atoms with Crippen LogP contribution in [0.2, 0.25) is 0 Å². The van der Waals surface area contributed by atoms with E-state index in [0.29, 0.717) is 12.5 Å². The molecule has 0 fully saturated rings. The third-order valence-corrected chi connectivity index (χ3v) is 3.53. The molecule has 0 aromatic carbocycles. The molecule has 3 nitrogen and oxygen atoms in total. The Balaban J connectivity index is 3.95. The second-order valence-electron chi connectivity index (χ2n) is 5.95. The topological polar surface area (TPSA) is 49.5 Å². The number of hydrogen-bond acceptors (Lipinski definition) is 3. The molecule has 0 spiro atoms. The largest absolute Gasteiger partial charge is 0.389 e. The monoisotopic (exact) mass is 230 g/mol. The van der Waals surface area contributed by atoms with Crippen molar-refractivity contribution in [2.75, 3.05) is 20.1 Å². The number of hydrogen-bond donors (Lipinski definition) is 2. The highest BCUT2D eigenvalue weighted by atomic mass is 16.3. The fourth-order valence-corrected chi connectivity index (χ4v) is 1.51. The van der Waals surface area contributed by atoms with Crippen molar-refractivity contribution < 1.29 is 5.11 Å². The molecule has 3 heteroatoms. The van der Waals surface area contributed by atoms with Crippen molar-refractivity contribution in [3.63, 3.8) is 0 Å². The summed E-state index contributed by atoms with van der Waals surface area (Å²) in [5, 5.41) is 10.2. The van der Waals surface area contributed by atoms with E-state index >= 15 is 0 Å². The van der Waals surface area contributed by atoms with Gasteiger partial charge in [-0.2, -0.15) is 0 Å². The first-order valence-corrected chi connectivity index (χ1v) is 6.33. The first kappa shape index (κ1) is 15.9. The lowest BCUT2D eigenvalue weighted by molar-refractivity contribution is -0.0136. The van der Waals surface area contributed by atoms with Gasteiger partial charge in [-0.3, -0.25) is 0 Å². The lowest BCUT2D eigenvalue weighted by Crippen LogP contribution is -2.44. The molecule has 16 heavy (non-hydrogen) atoms. The standard InChI is InChI=1S/C13H30N2O/c1-10(2)12(14)7-8-15(6)9-13(5,16)11(3)4/h10-12,16H,7-9,14H2,1-6H3. The molecule has 0 aromatic heterocycles. The Morgan fingerprint density at radius 1 is 1.25 bits per heavy atom. The molecule has 0 rings (SSSR count). The number of rotatable bonds is 7. The average Bonchev–Trinajstić information content (AvgIpc) is 2.12. The molecule has 0 aliphatic rings. The van der Waals surface area contributed by atoms with Gasteiger partial charge in [0, 0.05) is 12.6 Å². The third kappa shape index (κ3) is 5.83. The molecule has 0 aliphatic carbocycles. The molecule has 0 amide bonds. The number of aliphatic hydroxyl groups is 1. The molecule has 3 N–H and O–H groups in total. The van der Waals surface area contributed by atoms with Gasteiger partial charge in [-0.1, -0.05) is 27.7 Å². The Kier molecular flexibility index (Phi) is 6.53. The van der Waals surface area contributed by atoms with E-state index in [1.54, 1.807) is 0 Å². The molecular weight excluding hydrogens is 200 g/mol. The number of nitrogens with two attached hydrogens (primary N) is 1. The van der Waals surface area contributed by atoms with Crippen LogP contribution >= 0.6 is 0 Å². The predicted octanol–water partition coefficient (Wildman–Crippen LogP) is 1.70. The van der Waals surface area contributed by atoms with Crippen molar-refractivity contribution in [2.24, 2.45) is 17.6 Å². The van der Waals surface area contributed by atoms with Crippen molar-refractivity contribution in [1.82, 2.24) is 4.90 Å². The van der Waals surface area contributed by atoms with Gasteiger partial charge in [0.2, 0.25) is 0 Å². The van der Waals surface area contributed by atoms with E-state index < -0.39 is 5.60 Å². The SMILES string of the molecule is CC(C)C(N)CCN(C)CC(C)(O)C(C)C. The van der Waals surface area contributed by atoms with E-state index in [0.717, 1.165) is 13.0 Å². The third-order valence-electron chi connectivity index (χ3n) is 3.53. The summed E-state index contributed by atoms with van der Waals surface area (Å²) < 4.78 is 0. The van der Waals surface area contributed by atoms with Crippen LogP contribution in [0.1, 0.15) is 41.0 Å². The zero-order valence-corrected chi connectivity index (χ0v) is 11.8. The van der Waals surface area contributed by atoms with Crippen molar-refractivity contribution in [1.29, 1.82) is 0 Å². The zero-order chi connectivity index (χ0) is 12.9. The molecule has 0 saturated heterocycles. The Morgan fingerprint density at radius 3 is 2.12 bits per heavy atom. The molecule has 0 bridgehead atoms. The van der Waals surface area contributed by atoms with Crippen LogP contribution in [0.4, 0.5) is 0 Å². The maximum absolute atomic E-state index is 10.2. The molecular formula is C13H30N2O. The lowest BCUT2D eigenvalue weighted by atomic mass is 9.92. The van der Waals surface area contributed by atoms with Crippen molar-refractivity contribution in [3.8, 4) is 0 Å². The second kappa shape index (κ2) is 6.58. The Labute approximate surface area is 101 Å². The van der Waals surface area contributed by atoms with Gasteiger partial charge in [-0.15, -0.1) is 0 Å². The Hall–Kier alpha value is -0.120. The van der Waals surface area contributed by atoms with Gasteiger partial charge >= 0.3 is 0 Å². The minimum atomic E-state index is -0.614. The minimum absolute atomic E-state index is 0.256. The van der Waals surface area contributed by atoms with E-state index in [1.807, 2.05) is 27.8 Å². The van der Waals surface area contributed by atoms with Gasteiger partial charge in [0.1, 0.15) is 0 Å². The van der Waals surface area contributed by atoms with E-state index in [-0.39, 0.29) is 12.0 Å². The summed E-state index contributed by atoms with van der Waals surface area (Å²) in [5.74, 6) is 0.799. The van der Waals surface area contributed by atoms with Crippen LogP contribution in [0.5, 0.6) is 0 Å². The van der Waals surface area contributed by atoms with Crippen LogP contribution < -0.4 is 5.73 Å². The normalized spacial score (nSPS) is 18.2. The predicted molar refractivity (Wildman–Crippen MR) is 70.4 cm³/mol. The number of likely N-dealkylation sites (N-methyl/N-ethyl adjacent to an activating group) is 1. The first-order chi connectivity index (χ1) is 7.16. The summed E-state index contributed by atoms with van der Waals surface area (Å²) in [5.41, 5.74) is 5.38. The molecule has 0 saturated carbocycles. The van der Waals surface area contributed by atoms with Gasteiger partial charge in [-0.05, 0) is 38.8 Å². The highest BCUT2D eigenvalue weighted by Gasteiger charge is 2.26. The smallest absolute Gasteiger partial charge is 0.0768 e. The summed E-state index contributed by atoms with van der Waals surface area (Å²) in [6, 6.07) is 0.256. The van der Waals surface area contributed by atoms with Crippen LogP contribution in [-0.2, 0) is 0 Å². The van der Waals surface area contributed by atoms with E-state index in [9.17, 15) is 5.11 Å². The quantitative estimate of drug-likeness (QED) is 0.700. The van der Waals surface area contributed by atoms with Crippen LogP contribution in [-0.4, -0.2) is 41.8 Å². The summed E-state index contributed by atoms with van der Waals surface area (Å²) in [6.45, 7) is 11.9. The summed E-state index contributed by atoms with van der Waals surface area (Å²) in [4.78, 5) is 2.17. The van der Waals surface area contributed by atoms with Gasteiger partial charge < -0.3 is 15.7 Å². The van der Waals surface area contributed by atoms with Crippen molar-refractivity contribution >= 4 is 0 Å². The maximum atomic E-state index is 10.2. The molecule has 0 aromatic rings. The molecule has 2 atom stereocenters. The summed E-state index contributed by atoms with van der Waals surface area (Å²) >= 11 is 0. The van der Waals surface area contributed by atoms with Gasteiger partial charge in [0.05, 0.1) is 5.60 Å². The fourth-order valence-electron chi connectivity index (χ4n) is 1.51. The Morgan fingerprint density at radius 2 is 1.75 bits per heavy atom. The van der Waals surface area contributed by atoms with Crippen molar-refractivity contribution in [3.05, 3.63) is 0 Å². The first-order valence-electron chi connectivity index (χ1n) is 6.33. The highest BCUT2D eigenvalue weighted by molar-refractivity contribution is 4.80. The number of nitrogens with zero attached hydrogens (tertiary/aromatic N) is 1. The van der Waals surface area contributed by atoms with E-state index in [2.05, 4.69) is 18.7 Å². The van der Waals surface area contributed by atoms with Gasteiger partial charge in [-0.25, -0.2) is 0 Å². The van der Waals surface area contributed by atoms with E-state index in [1.165, 1.54) is 0 Å². The minimum Gasteiger partial charge on any atom is -0.389 e. The highest BCUT2D eigenvalue weighted by Crippen LogP contribution is 2.17. The molecule has 98 valence electrons. The van der Waals surface area contributed by atoms with Crippen LogP contribution in [0.25, 0.3) is 0 Å². The van der Waals surface area contributed by atoms with Crippen LogP contribution in [0, 0.1) is 11.8 Å². The molecule has 2 unspecified atom stereocenters. The second-order valence-corrected chi connectivity index (χ2v) is 5.95. The van der Waals surface area contributed by atoms with Gasteiger partial charge in [0.15, 0.2) is 0 Å². The maximum Gasteiger partial charge on any atom is 0.0768 e. The lowest BCUT2D eigenvalue weighted by Gasteiger charge is -2.33. The zero-order valence-electron chi connectivity index (χ0n) is 11.8. The Bertz CT molecular complexity index is 190. The average molecular weight is 230 g/mol. The van der Waals surface area contributed by atoms with Crippen molar-refractivity contribution in [2.45, 2.75) is 52.7 Å². The molecule has 0 aliphatic heterocycles. The molecule has 0 radical (unpaired) electrons. The summed E-state index contributed by atoms with van der Waals surface area (Å²) in [6.07, 6.45) is 0.988. The van der Waals surface area contributed by atoms with Gasteiger partial charge in [0.25, 0.3) is 0 Å². The van der Waals surface area contributed by atoms with Crippen LogP contribution in [0.15, 0.2) is 0 Å². The van der Waals surface area contributed by atoms with E-state index in [4.69, 9.17) is 5.73 Å². The summed E-state index contributed by atoms with van der Waals surface area (Å²) in [7, 11) is 2.05. The fraction of sp³-hybridized carbons (Fsp3) is 1.00. The molecule has 0 heterocycles. The van der Waals surface area contributed by atoms with Crippen LogP contribution in [0.3, 0.4) is 0 Å².